The lowest BCUT2D eigenvalue weighted by atomic mass is 9.62. The Morgan fingerprint density at radius 1 is 0.483 bits per heavy atom. The number of nitrogens with zero attached hydrogens (tertiary/aromatic N) is 3. The largest absolute Gasteiger partial charge is 0.507 e. The van der Waals surface area contributed by atoms with Gasteiger partial charge in [-0.05, 0) is 111 Å². The van der Waals surface area contributed by atoms with E-state index in [1.54, 1.807) is 0 Å². The van der Waals surface area contributed by atoms with Gasteiger partial charge in [-0.15, -0.1) is 0 Å². The monoisotopic (exact) mass is 777 g/mol. The van der Waals surface area contributed by atoms with Gasteiger partial charge in [0.1, 0.15) is 11.6 Å². The Kier molecular flexibility index (Phi) is 9.10. The number of aromatic hydroxyl groups is 1. The van der Waals surface area contributed by atoms with Crippen LogP contribution in [0, 0.1) is 0 Å². The number of fused-ring (bicyclic) bond motifs is 2. The molecule has 0 saturated carbocycles. The topological polar surface area (TPSA) is 50.9 Å². The number of imidazole rings is 1. The van der Waals surface area contributed by atoms with Crippen LogP contribution in [0.4, 0.5) is 0 Å². The minimum atomic E-state index is -0.199. The van der Waals surface area contributed by atoms with Gasteiger partial charge in [-0.1, -0.05) is 155 Å². The van der Waals surface area contributed by atoms with Gasteiger partial charge in [-0.2, -0.15) is 0 Å². The number of hydrogen-bond donors (Lipinski definition) is 1. The molecule has 0 unspecified atom stereocenters. The van der Waals surface area contributed by atoms with Crippen molar-refractivity contribution in [1.82, 2.24) is 14.5 Å². The van der Waals surface area contributed by atoms with Crippen molar-refractivity contribution in [3.8, 4) is 78.6 Å². The first-order chi connectivity index (χ1) is 29.2. The lowest BCUT2D eigenvalue weighted by Crippen LogP contribution is -2.34. The minimum absolute atomic E-state index is 0.0506. The van der Waals surface area contributed by atoms with Gasteiger partial charge >= 0.3 is 0 Å². The molecule has 292 valence electrons. The molecular formula is C56H47N3O. The van der Waals surface area contributed by atoms with E-state index in [0.717, 1.165) is 96.5 Å². The van der Waals surface area contributed by atoms with Gasteiger partial charge in [0, 0.05) is 28.5 Å². The Hall–Kier alpha value is -7.04. The maximum atomic E-state index is 12.6. The summed E-state index contributed by atoms with van der Waals surface area (Å²) in [6.07, 6.45) is 3.96. The predicted octanol–water partition coefficient (Wildman–Crippen LogP) is 14.5. The fourth-order valence-electron chi connectivity index (χ4n) is 9.32. The second-order valence-electron chi connectivity index (χ2n) is 17.4. The molecule has 4 heteroatoms. The third-order valence-corrected chi connectivity index (χ3v) is 12.6. The van der Waals surface area contributed by atoms with Gasteiger partial charge in [0.25, 0.3) is 0 Å². The van der Waals surface area contributed by atoms with Gasteiger partial charge in [0.05, 0.1) is 28.0 Å². The SMILES string of the molecule is CC1(C)CCC(C)(C)c2c1ccc(-c1nc3c(-c4cc(-c5ccccc5)cc(-c5cc(-c6ccccc6)ccn5)c4)cccc3n1-c1ccccc1-c1ccccc1)c2O. The molecule has 2 aromatic heterocycles. The molecule has 9 aromatic rings. The number of rotatable bonds is 7. The molecule has 0 saturated heterocycles. The fourth-order valence-corrected chi connectivity index (χ4v) is 9.32. The normalized spacial score (nSPS) is 14.2. The number of phenolic OH excluding ortho intramolecular Hbond substituents is 1. The quantitative estimate of drug-likeness (QED) is 0.175. The molecule has 0 aliphatic heterocycles. The van der Waals surface area contributed by atoms with Gasteiger partial charge in [-0.3, -0.25) is 9.55 Å². The third-order valence-electron chi connectivity index (χ3n) is 12.6. The number of phenols is 1. The summed E-state index contributed by atoms with van der Waals surface area (Å²) in [7, 11) is 0. The molecule has 7 aromatic carbocycles. The molecule has 60 heavy (non-hydrogen) atoms. The first kappa shape index (κ1) is 37.2. The molecule has 2 heterocycles. The van der Waals surface area contributed by atoms with Gasteiger partial charge in [0.15, 0.2) is 0 Å². The molecule has 1 aliphatic rings. The van der Waals surface area contributed by atoms with Crippen LogP contribution in [0.1, 0.15) is 51.7 Å². The highest BCUT2D eigenvalue weighted by molar-refractivity contribution is 5.98. The van der Waals surface area contributed by atoms with E-state index in [0.29, 0.717) is 11.6 Å². The minimum Gasteiger partial charge on any atom is -0.507 e. The molecule has 4 nitrogen and oxygen atoms in total. The van der Waals surface area contributed by atoms with Crippen molar-refractivity contribution in [3.05, 3.63) is 193 Å². The zero-order valence-electron chi connectivity index (χ0n) is 34.5. The van der Waals surface area contributed by atoms with Crippen LogP contribution < -0.4 is 0 Å². The summed E-state index contributed by atoms with van der Waals surface area (Å²) in [6.45, 7) is 9.11. The van der Waals surface area contributed by atoms with Crippen LogP contribution in [0.5, 0.6) is 5.75 Å². The van der Waals surface area contributed by atoms with Crippen molar-refractivity contribution >= 4 is 11.0 Å². The summed E-state index contributed by atoms with van der Waals surface area (Å²) in [5.74, 6) is 1.02. The number of benzene rings is 7. The zero-order chi connectivity index (χ0) is 41.0. The van der Waals surface area contributed by atoms with E-state index < -0.39 is 0 Å². The van der Waals surface area contributed by atoms with Crippen LogP contribution in [0.25, 0.3) is 83.9 Å². The van der Waals surface area contributed by atoms with E-state index in [2.05, 4.69) is 202 Å². The van der Waals surface area contributed by atoms with Crippen LogP contribution >= 0.6 is 0 Å². The molecule has 0 atom stereocenters. The smallest absolute Gasteiger partial charge is 0.149 e. The number of pyridine rings is 1. The van der Waals surface area contributed by atoms with Crippen molar-refractivity contribution in [2.75, 3.05) is 0 Å². The summed E-state index contributed by atoms with van der Waals surface area (Å²) in [4.78, 5) is 10.5. The van der Waals surface area contributed by atoms with Crippen molar-refractivity contribution < 1.29 is 5.11 Å². The van der Waals surface area contributed by atoms with E-state index in [4.69, 9.17) is 9.97 Å². The summed E-state index contributed by atoms with van der Waals surface area (Å²) in [5, 5.41) is 12.6. The predicted molar refractivity (Wildman–Crippen MR) is 248 cm³/mol. The molecule has 10 rings (SSSR count). The first-order valence-electron chi connectivity index (χ1n) is 20.9. The van der Waals surface area contributed by atoms with Crippen LogP contribution in [0.3, 0.4) is 0 Å². The first-order valence-corrected chi connectivity index (χ1v) is 20.9. The molecule has 1 N–H and O–H groups in total. The summed E-state index contributed by atoms with van der Waals surface area (Å²) < 4.78 is 2.26. The van der Waals surface area contributed by atoms with Gasteiger partial charge < -0.3 is 5.11 Å². The maximum absolute atomic E-state index is 12.6. The molecular weight excluding hydrogens is 731 g/mol. The van der Waals surface area contributed by atoms with Crippen LogP contribution in [-0.4, -0.2) is 19.6 Å². The average molecular weight is 778 g/mol. The van der Waals surface area contributed by atoms with E-state index in [-0.39, 0.29) is 10.8 Å². The maximum Gasteiger partial charge on any atom is 0.149 e. The van der Waals surface area contributed by atoms with E-state index in [1.807, 2.05) is 12.3 Å². The van der Waals surface area contributed by atoms with Crippen LogP contribution in [0.15, 0.2) is 182 Å². The van der Waals surface area contributed by atoms with E-state index >= 15 is 0 Å². The highest BCUT2D eigenvalue weighted by atomic mass is 16.3. The zero-order valence-corrected chi connectivity index (χ0v) is 34.5. The number of aromatic nitrogens is 3. The Bertz CT molecular complexity index is 3030. The van der Waals surface area contributed by atoms with Gasteiger partial charge in [-0.25, -0.2) is 4.98 Å². The van der Waals surface area contributed by atoms with Crippen LogP contribution in [-0.2, 0) is 10.8 Å². The summed E-state index contributed by atoms with van der Waals surface area (Å²) in [5.41, 5.74) is 16.2. The van der Waals surface area contributed by atoms with Crippen molar-refractivity contribution in [3.63, 3.8) is 0 Å². The van der Waals surface area contributed by atoms with Gasteiger partial charge in [0.2, 0.25) is 0 Å². The Balaban J connectivity index is 1.24. The molecule has 0 bridgehead atoms. The highest BCUT2D eigenvalue weighted by Gasteiger charge is 2.40. The Morgan fingerprint density at radius 3 is 1.82 bits per heavy atom. The number of para-hydroxylation sites is 2. The molecule has 0 amide bonds. The lowest BCUT2D eigenvalue weighted by molar-refractivity contribution is 0.318. The molecule has 0 fully saturated rings. The molecule has 0 radical (unpaired) electrons. The van der Waals surface area contributed by atoms with Crippen LogP contribution in [0.2, 0.25) is 0 Å². The molecule has 0 spiro atoms. The van der Waals surface area contributed by atoms with Crippen molar-refractivity contribution in [2.45, 2.75) is 51.4 Å². The van der Waals surface area contributed by atoms with E-state index in [1.165, 1.54) is 5.56 Å². The number of hydrogen-bond acceptors (Lipinski definition) is 3. The standard InChI is InChI=1S/C56H47N3O/c1-55(2)30-31-56(3,4)51-47(55)28-27-46(53(51)60)54-58-52-45(24-16-26-50(52)59(54)49-25-15-14-23-44(49)39-21-12-7-13-22-39)42-33-41(38-19-10-6-11-20-38)34-43(35-42)48-36-40(29-32-57-48)37-17-8-5-9-18-37/h5-29,32-36,60H,30-31H2,1-4H3. The lowest BCUT2D eigenvalue weighted by Gasteiger charge is -2.42. The Labute approximate surface area is 352 Å². The third kappa shape index (κ3) is 6.49. The second kappa shape index (κ2) is 14.7. The average Bonchev–Trinajstić information content (AvgIpc) is 3.68. The Morgan fingerprint density at radius 2 is 1.08 bits per heavy atom. The fraction of sp³-hybridized carbons (Fsp3) is 0.143. The molecule has 1 aliphatic carbocycles. The summed E-state index contributed by atoms with van der Waals surface area (Å²) >= 11 is 0. The summed E-state index contributed by atoms with van der Waals surface area (Å²) in [6, 6.07) is 61.9. The van der Waals surface area contributed by atoms with Crippen molar-refractivity contribution in [2.24, 2.45) is 0 Å². The second-order valence-corrected chi connectivity index (χ2v) is 17.4. The highest BCUT2D eigenvalue weighted by Crippen LogP contribution is 2.52. The van der Waals surface area contributed by atoms with E-state index in [9.17, 15) is 5.11 Å². The van der Waals surface area contributed by atoms with Crippen molar-refractivity contribution in [1.29, 1.82) is 0 Å².